The highest BCUT2D eigenvalue weighted by molar-refractivity contribution is 8.16. The first kappa shape index (κ1) is 12.1. The lowest BCUT2D eigenvalue weighted by Crippen LogP contribution is -2.44. The van der Waals surface area contributed by atoms with E-state index in [1.807, 2.05) is 11.8 Å². The molecule has 0 aromatic heterocycles. The smallest absolute Gasteiger partial charge is 0.141 e. The molecule has 2 rings (SSSR count). The second-order valence-electron chi connectivity index (χ2n) is 5.02. The number of benzene rings is 1. The fourth-order valence-electron chi connectivity index (χ4n) is 2.04. The molecule has 0 saturated heterocycles. The Labute approximate surface area is 106 Å². The molecule has 1 heterocycles. The minimum atomic E-state index is 0.0986. The van der Waals surface area contributed by atoms with Crippen LogP contribution in [0.15, 0.2) is 23.1 Å². The van der Waals surface area contributed by atoms with E-state index in [4.69, 9.17) is 5.14 Å². The number of rotatable bonds is 1. The molecule has 1 aliphatic rings. The SMILES string of the molecule is Cc1cccc2c1N(C(C)(C)C)C(SN)S2. The predicted octanol–water partition coefficient (Wildman–Crippen LogP) is 3.60. The number of hydrogen-bond donors (Lipinski definition) is 1. The van der Waals surface area contributed by atoms with Gasteiger partial charge in [0.1, 0.15) is 4.71 Å². The van der Waals surface area contributed by atoms with Crippen LogP contribution in [0.5, 0.6) is 0 Å². The van der Waals surface area contributed by atoms with Crippen LogP contribution in [0.1, 0.15) is 26.3 Å². The van der Waals surface area contributed by atoms with Gasteiger partial charge in [0, 0.05) is 10.4 Å². The molecule has 2 N–H and O–H groups in total. The van der Waals surface area contributed by atoms with Gasteiger partial charge < -0.3 is 4.90 Å². The van der Waals surface area contributed by atoms with E-state index in [0.29, 0.717) is 0 Å². The molecule has 0 spiro atoms. The van der Waals surface area contributed by atoms with Gasteiger partial charge in [-0.15, -0.1) is 0 Å². The Hall–Kier alpha value is -0.320. The molecule has 0 bridgehead atoms. The zero-order valence-electron chi connectivity index (χ0n) is 10.2. The average Bonchev–Trinajstić information content (AvgIpc) is 2.57. The first-order valence-electron chi connectivity index (χ1n) is 5.36. The number of thioether (sulfide) groups is 1. The molecular formula is C12H18N2S2. The predicted molar refractivity (Wildman–Crippen MR) is 74.8 cm³/mol. The van der Waals surface area contributed by atoms with Crippen molar-refractivity contribution in [2.45, 2.75) is 42.8 Å². The van der Waals surface area contributed by atoms with Crippen LogP contribution in [0.3, 0.4) is 0 Å². The summed E-state index contributed by atoms with van der Waals surface area (Å²) >= 11 is 3.27. The van der Waals surface area contributed by atoms with Crippen LogP contribution < -0.4 is 10.0 Å². The minimum absolute atomic E-state index is 0.0986. The Morgan fingerprint density at radius 1 is 1.38 bits per heavy atom. The standard InChI is InChI=1S/C12H18N2S2/c1-8-6-5-7-9-10(8)14(12(2,3)4)11(15-9)16-13/h5-7,11H,13H2,1-4H3. The van der Waals surface area contributed by atoms with Crippen molar-refractivity contribution in [3.63, 3.8) is 0 Å². The molecular weight excluding hydrogens is 236 g/mol. The molecule has 0 fully saturated rings. The van der Waals surface area contributed by atoms with Crippen molar-refractivity contribution in [2.24, 2.45) is 5.14 Å². The molecule has 0 amide bonds. The van der Waals surface area contributed by atoms with Crippen LogP contribution in [0, 0.1) is 6.92 Å². The molecule has 1 unspecified atom stereocenters. The van der Waals surface area contributed by atoms with Crippen molar-refractivity contribution in [1.82, 2.24) is 0 Å². The summed E-state index contributed by atoms with van der Waals surface area (Å²) in [5.41, 5.74) is 2.78. The lowest BCUT2D eigenvalue weighted by molar-refractivity contribution is 0.524. The van der Waals surface area contributed by atoms with Crippen LogP contribution in [0.25, 0.3) is 0 Å². The maximum atomic E-state index is 5.80. The maximum absolute atomic E-state index is 5.80. The first-order valence-corrected chi connectivity index (χ1v) is 7.18. The summed E-state index contributed by atoms with van der Waals surface area (Å²) in [6, 6.07) is 6.47. The monoisotopic (exact) mass is 254 g/mol. The number of hydrogen-bond acceptors (Lipinski definition) is 4. The number of aryl methyl sites for hydroxylation is 1. The van der Waals surface area contributed by atoms with Crippen LogP contribution in [-0.2, 0) is 0 Å². The van der Waals surface area contributed by atoms with E-state index in [9.17, 15) is 0 Å². The third kappa shape index (κ3) is 1.94. The van der Waals surface area contributed by atoms with Gasteiger partial charge in [-0.2, -0.15) is 0 Å². The van der Waals surface area contributed by atoms with E-state index in [-0.39, 0.29) is 10.2 Å². The van der Waals surface area contributed by atoms with Crippen molar-refractivity contribution in [1.29, 1.82) is 0 Å². The molecule has 1 atom stereocenters. The molecule has 1 aliphatic heterocycles. The second kappa shape index (κ2) is 4.17. The number of fused-ring (bicyclic) bond motifs is 1. The van der Waals surface area contributed by atoms with E-state index >= 15 is 0 Å². The summed E-state index contributed by atoms with van der Waals surface area (Å²) in [4.78, 5) is 3.77. The summed E-state index contributed by atoms with van der Waals surface area (Å²) in [6.07, 6.45) is 0. The summed E-state index contributed by atoms with van der Waals surface area (Å²) in [7, 11) is 0. The van der Waals surface area contributed by atoms with Gasteiger partial charge in [-0.25, -0.2) is 0 Å². The zero-order chi connectivity index (χ0) is 11.9. The second-order valence-corrected chi connectivity index (χ2v) is 7.16. The Balaban J connectivity index is 2.52. The van der Waals surface area contributed by atoms with Crippen LogP contribution in [0.4, 0.5) is 5.69 Å². The zero-order valence-corrected chi connectivity index (χ0v) is 11.8. The van der Waals surface area contributed by atoms with Gasteiger partial charge in [-0.3, -0.25) is 5.14 Å². The molecule has 16 heavy (non-hydrogen) atoms. The van der Waals surface area contributed by atoms with Crippen LogP contribution >= 0.6 is 23.7 Å². The first-order chi connectivity index (χ1) is 7.45. The van der Waals surface area contributed by atoms with Gasteiger partial charge in [0.25, 0.3) is 0 Å². The van der Waals surface area contributed by atoms with E-state index in [1.165, 1.54) is 28.1 Å². The van der Waals surface area contributed by atoms with Crippen molar-refractivity contribution in [3.05, 3.63) is 23.8 Å². The van der Waals surface area contributed by atoms with E-state index < -0.39 is 0 Å². The maximum Gasteiger partial charge on any atom is 0.141 e. The molecule has 0 saturated carbocycles. The topological polar surface area (TPSA) is 29.3 Å². The van der Waals surface area contributed by atoms with Gasteiger partial charge in [0.15, 0.2) is 0 Å². The fraction of sp³-hybridized carbons (Fsp3) is 0.500. The highest BCUT2D eigenvalue weighted by Crippen LogP contribution is 2.50. The Morgan fingerprint density at radius 2 is 2.06 bits per heavy atom. The molecule has 1 aromatic rings. The minimum Gasteiger partial charge on any atom is -0.343 e. The molecule has 0 aliphatic carbocycles. The van der Waals surface area contributed by atoms with Crippen LogP contribution in [0.2, 0.25) is 0 Å². The Kier molecular flexibility index (Phi) is 3.16. The van der Waals surface area contributed by atoms with Gasteiger partial charge in [-0.1, -0.05) is 23.9 Å². The van der Waals surface area contributed by atoms with Gasteiger partial charge >= 0.3 is 0 Å². The summed E-state index contributed by atoms with van der Waals surface area (Å²) in [5, 5.41) is 5.80. The Bertz CT molecular complexity index is 398. The fourth-order valence-corrected chi connectivity index (χ4v) is 4.39. The number of anilines is 1. The lowest BCUT2D eigenvalue weighted by Gasteiger charge is -2.38. The van der Waals surface area contributed by atoms with Crippen molar-refractivity contribution >= 4 is 29.4 Å². The van der Waals surface area contributed by atoms with E-state index in [1.54, 1.807) is 0 Å². The van der Waals surface area contributed by atoms with Crippen molar-refractivity contribution in [2.75, 3.05) is 4.90 Å². The molecule has 2 nitrogen and oxygen atoms in total. The lowest BCUT2D eigenvalue weighted by atomic mass is 10.0. The van der Waals surface area contributed by atoms with Crippen LogP contribution in [-0.4, -0.2) is 10.2 Å². The van der Waals surface area contributed by atoms with Crippen molar-refractivity contribution in [3.8, 4) is 0 Å². The number of nitrogens with zero attached hydrogens (tertiary/aromatic N) is 1. The molecule has 0 radical (unpaired) electrons. The summed E-state index contributed by atoms with van der Waals surface area (Å²) in [5.74, 6) is 0. The Morgan fingerprint density at radius 3 is 2.62 bits per heavy atom. The molecule has 1 aromatic carbocycles. The summed E-state index contributed by atoms with van der Waals surface area (Å²) in [6.45, 7) is 8.87. The van der Waals surface area contributed by atoms with Gasteiger partial charge in [0.2, 0.25) is 0 Å². The largest absolute Gasteiger partial charge is 0.343 e. The van der Waals surface area contributed by atoms with Gasteiger partial charge in [-0.05, 0) is 51.3 Å². The normalized spacial score (nSPS) is 20.1. The van der Waals surface area contributed by atoms with Crippen molar-refractivity contribution < 1.29 is 0 Å². The highest BCUT2D eigenvalue weighted by atomic mass is 32.2. The third-order valence-corrected chi connectivity index (χ3v) is 4.78. The molecule has 88 valence electrons. The summed E-state index contributed by atoms with van der Waals surface area (Å²) < 4.78 is 0.288. The third-order valence-electron chi connectivity index (χ3n) is 2.72. The van der Waals surface area contributed by atoms with Gasteiger partial charge in [0.05, 0.1) is 5.69 Å². The molecule has 4 heteroatoms. The average molecular weight is 254 g/mol. The number of para-hydroxylation sites is 1. The highest BCUT2D eigenvalue weighted by Gasteiger charge is 2.37. The van der Waals surface area contributed by atoms with E-state index in [2.05, 4.69) is 50.8 Å². The van der Waals surface area contributed by atoms with E-state index in [0.717, 1.165) is 0 Å². The number of nitrogens with two attached hydrogens (primary N) is 1. The quantitative estimate of drug-likeness (QED) is 0.775.